The van der Waals surface area contributed by atoms with Gasteiger partial charge in [-0.05, 0) is 31.5 Å². The maximum absolute atomic E-state index is 13.8. The van der Waals surface area contributed by atoms with Crippen molar-refractivity contribution >= 4 is 11.4 Å². The maximum atomic E-state index is 13.8. The molecule has 2 aromatic rings. The molecule has 4 nitrogen and oxygen atoms in total. The number of hydrogen-bond donors (Lipinski definition) is 1. The van der Waals surface area contributed by atoms with Gasteiger partial charge in [0, 0.05) is 22.9 Å². The van der Waals surface area contributed by atoms with Crippen LogP contribution in [0.15, 0.2) is 42.5 Å². The van der Waals surface area contributed by atoms with Gasteiger partial charge in [-0.1, -0.05) is 25.1 Å². The summed E-state index contributed by atoms with van der Waals surface area (Å²) in [6.45, 7) is 3.65. The number of rotatable bonds is 5. The smallest absolute Gasteiger partial charge is 0.272 e. The Morgan fingerprint density at radius 3 is 2.57 bits per heavy atom. The Morgan fingerprint density at radius 2 is 2.00 bits per heavy atom. The molecule has 0 aliphatic heterocycles. The molecule has 0 aliphatic carbocycles. The normalized spacial score (nSPS) is 12.0. The summed E-state index contributed by atoms with van der Waals surface area (Å²) in [6.07, 6.45) is 0.705. The molecular formula is C16H17FN2O2. The predicted octanol–water partition coefficient (Wildman–Crippen LogP) is 4.61. The van der Waals surface area contributed by atoms with Crippen molar-refractivity contribution in [3.8, 4) is 0 Å². The summed E-state index contributed by atoms with van der Waals surface area (Å²) in [5.41, 5.74) is 2.00. The summed E-state index contributed by atoms with van der Waals surface area (Å²) in [5, 5.41) is 14.0. The molecule has 0 spiro atoms. The fourth-order valence-electron chi connectivity index (χ4n) is 2.31. The molecule has 21 heavy (non-hydrogen) atoms. The van der Waals surface area contributed by atoms with Gasteiger partial charge < -0.3 is 5.32 Å². The average Bonchev–Trinajstić information content (AvgIpc) is 2.45. The number of nitrogens with one attached hydrogen (secondary N) is 1. The van der Waals surface area contributed by atoms with Crippen molar-refractivity contribution in [1.29, 1.82) is 0 Å². The first kappa shape index (κ1) is 15.0. The van der Waals surface area contributed by atoms with Crippen LogP contribution in [-0.2, 0) is 0 Å². The van der Waals surface area contributed by atoms with Crippen LogP contribution in [0, 0.1) is 22.9 Å². The molecule has 1 unspecified atom stereocenters. The molecular weight excluding hydrogens is 271 g/mol. The van der Waals surface area contributed by atoms with E-state index in [-0.39, 0.29) is 17.5 Å². The third-order valence-electron chi connectivity index (χ3n) is 3.42. The minimum Gasteiger partial charge on any atom is -0.378 e. The Morgan fingerprint density at radius 1 is 1.29 bits per heavy atom. The summed E-state index contributed by atoms with van der Waals surface area (Å²) in [5.74, 6) is -0.254. The zero-order chi connectivity index (χ0) is 15.4. The largest absolute Gasteiger partial charge is 0.378 e. The molecule has 0 heterocycles. The van der Waals surface area contributed by atoms with Crippen molar-refractivity contribution < 1.29 is 9.31 Å². The highest BCUT2D eigenvalue weighted by molar-refractivity contribution is 5.54. The predicted molar refractivity (Wildman–Crippen MR) is 80.9 cm³/mol. The Bertz CT molecular complexity index is 658. The summed E-state index contributed by atoms with van der Waals surface area (Å²) < 4.78 is 13.8. The number of halogens is 1. The Kier molecular flexibility index (Phi) is 4.52. The van der Waals surface area contributed by atoms with Crippen molar-refractivity contribution in [3.05, 3.63) is 69.5 Å². The van der Waals surface area contributed by atoms with Crippen molar-refractivity contribution in [1.82, 2.24) is 0 Å². The van der Waals surface area contributed by atoms with E-state index in [1.807, 2.05) is 6.92 Å². The summed E-state index contributed by atoms with van der Waals surface area (Å²) in [4.78, 5) is 10.4. The van der Waals surface area contributed by atoms with E-state index in [1.54, 1.807) is 37.3 Å². The first-order chi connectivity index (χ1) is 10.0. The van der Waals surface area contributed by atoms with Crippen LogP contribution in [0.4, 0.5) is 15.8 Å². The third kappa shape index (κ3) is 3.37. The third-order valence-corrected chi connectivity index (χ3v) is 3.42. The fraction of sp³-hybridized carbons (Fsp3) is 0.250. The number of benzene rings is 2. The van der Waals surface area contributed by atoms with E-state index < -0.39 is 4.92 Å². The van der Waals surface area contributed by atoms with Crippen LogP contribution < -0.4 is 5.32 Å². The number of nitro benzene ring substituents is 1. The molecule has 0 amide bonds. The standard InChI is InChI=1S/C16H17FN2O2/c1-3-15(13-6-4-5-7-14(13)17)18-12-8-9-16(19(20)21)11(2)10-12/h4-10,15,18H,3H2,1-2H3. The van der Waals surface area contributed by atoms with Crippen LogP contribution in [0.3, 0.4) is 0 Å². The first-order valence-electron chi connectivity index (χ1n) is 6.79. The van der Waals surface area contributed by atoms with Crippen LogP contribution in [0.2, 0.25) is 0 Å². The maximum Gasteiger partial charge on any atom is 0.272 e. The fourth-order valence-corrected chi connectivity index (χ4v) is 2.31. The van der Waals surface area contributed by atoms with E-state index in [0.717, 1.165) is 5.69 Å². The topological polar surface area (TPSA) is 55.2 Å². The lowest BCUT2D eigenvalue weighted by atomic mass is 10.0. The summed E-state index contributed by atoms with van der Waals surface area (Å²) >= 11 is 0. The van der Waals surface area contributed by atoms with E-state index in [1.165, 1.54) is 12.1 Å². The Balaban J connectivity index is 2.25. The van der Waals surface area contributed by atoms with Gasteiger partial charge in [0.2, 0.25) is 0 Å². The number of hydrogen-bond acceptors (Lipinski definition) is 3. The summed E-state index contributed by atoms with van der Waals surface area (Å²) in [7, 11) is 0. The number of nitro groups is 1. The molecule has 1 N–H and O–H groups in total. The van der Waals surface area contributed by atoms with Gasteiger partial charge in [-0.15, -0.1) is 0 Å². The molecule has 0 radical (unpaired) electrons. The molecule has 110 valence electrons. The van der Waals surface area contributed by atoms with Gasteiger partial charge in [-0.3, -0.25) is 10.1 Å². The lowest BCUT2D eigenvalue weighted by Gasteiger charge is -2.19. The molecule has 2 aromatic carbocycles. The van der Waals surface area contributed by atoms with E-state index in [0.29, 0.717) is 17.5 Å². The van der Waals surface area contributed by atoms with E-state index in [4.69, 9.17) is 0 Å². The molecule has 1 atom stereocenters. The monoisotopic (exact) mass is 288 g/mol. The molecule has 0 aromatic heterocycles. The number of anilines is 1. The zero-order valence-corrected chi connectivity index (χ0v) is 12.0. The van der Waals surface area contributed by atoms with Gasteiger partial charge in [0.25, 0.3) is 5.69 Å². The second-order valence-corrected chi connectivity index (χ2v) is 4.89. The lowest BCUT2D eigenvalue weighted by molar-refractivity contribution is -0.385. The van der Waals surface area contributed by atoms with E-state index >= 15 is 0 Å². The van der Waals surface area contributed by atoms with Gasteiger partial charge in [0.1, 0.15) is 5.82 Å². The minimum absolute atomic E-state index is 0.0829. The van der Waals surface area contributed by atoms with Crippen LogP contribution in [0.25, 0.3) is 0 Å². The second-order valence-electron chi connectivity index (χ2n) is 4.89. The molecule has 0 saturated heterocycles. The number of aryl methyl sites for hydroxylation is 1. The molecule has 5 heteroatoms. The van der Waals surface area contributed by atoms with Crippen LogP contribution >= 0.6 is 0 Å². The van der Waals surface area contributed by atoms with Gasteiger partial charge in [0.15, 0.2) is 0 Å². The second kappa shape index (κ2) is 6.35. The molecule has 0 bridgehead atoms. The molecule has 0 saturated carbocycles. The number of nitrogens with zero attached hydrogens (tertiary/aromatic N) is 1. The molecule has 0 fully saturated rings. The Hall–Kier alpha value is -2.43. The van der Waals surface area contributed by atoms with Crippen LogP contribution in [0.5, 0.6) is 0 Å². The molecule has 2 rings (SSSR count). The zero-order valence-electron chi connectivity index (χ0n) is 12.0. The average molecular weight is 288 g/mol. The Labute approximate surface area is 122 Å². The van der Waals surface area contributed by atoms with Crippen LogP contribution in [-0.4, -0.2) is 4.92 Å². The highest BCUT2D eigenvalue weighted by atomic mass is 19.1. The van der Waals surface area contributed by atoms with Crippen molar-refractivity contribution in [2.75, 3.05) is 5.32 Å². The van der Waals surface area contributed by atoms with Crippen molar-refractivity contribution in [2.24, 2.45) is 0 Å². The van der Waals surface area contributed by atoms with Gasteiger partial charge >= 0.3 is 0 Å². The SMILES string of the molecule is CCC(Nc1ccc([N+](=O)[O-])c(C)c1)c1ccccc1F. The van der Waals surface area contributed by atoms with Crippen molar-refractivity contribution in [3.63, 3.8) is 0 Å². The molecule has 0 aliphatic rings. The minimum atomic E-state index is -0.409. The quantitative estimate of drug-likeness (QED) is 0.646. The lowest BCUT2D eigenvalue weighted by Crippen LogP contribution is -2.11. The highest BCUT2D eigenvalue weighted by Gasteiger charge is 2.15. The van der Waals surface area contributed by atoms with E-state index in [9.17, 15) is 14.5 Å². The first-order valence-corrected chi connectivity index (χ1v) is 6.79. The van der Waals surface area contributed by atoms with Crippen LogP contribution in [0.1, 0.15) is 30.5 Å². The van der Waals surface area contributed by atoms with Gasteiger partial charge in [0.05, 0.1) is 11.0 Å². The van der Waals surface area contributed by atoms with Gasteiger partial charge in [-0.25, -0.2) is 4.39 Å². The van der Waals surface area contributed by atoms with Gasteiger partial charge in [-0.2, -0.15) is 0 Å². The highest BCUT2D eigenvalue weighted by Crippen LogP contribution is 2.27. The van der Waals surface area contributed by atoms with Crippen molar-refractivity contribution in [2.45, 2.75) is 26.3 Å². The van der Waals surface area contributed by atoms with E-state index in [2.05, 4.69) is 5.32 Å². The summed E-state index contributed by atoms with van der Waals surface area (Å²) in [6, 6.07) is 11.3.